The van der Waals surface area contributed by atoms with Crippen molar-refractivity contribution in [1.29, 1.82) is 0 Å². The molecule has 0 saturated carbocycles. The number of carbonyl (C=O) groups is 2. The largest absolute Gasteiger partial charge is 0.339 e. The Bertz CT molecular complexity index is 728. The first-order valence-corrected chi connectivity index (χ1v) is 7.98. The van der Waals surface area contributed by atoms with Crippen molar-refractivity contribution in [2.75, 3.05) is 13.6 Å². The molecule has 1 aliphatic rings. The fraction of sp³-hybridized carbons (Fsp3) is 0.412. The van der Waals surface area contributed by atoms with Gasteiger partial charge in [-0.25, -0.2) is 0 Å². The standard InChI is InChI=1S/C17H20N4O3/c1-3-15-18-14(19-24-15)10-21-13(9-12-7-5-4-6-8-12)17(23)20(2)11-16(21)22/h4-8,13H,3,9-11H2,1-2H3/t13-/m0/s1. The molecule has 7 heteroatoms. The Hall–Kier alpha value is -2.70. The van der Waals surface area contributed by atoms with E-state index in [1.807, 2.05) is 37.3 Å². The van der Waals surface area contributed by atoms with Gasteiger partial charge in [-0.05, 0) is 5.56 Å². The van der Waals surface area contributed by atoms with Crippen molar-refractivity contribution in [3.05, 3.63) is 47.6 Å². The molecule has 0 unspecified atom stereocenters. The third kappa shape index (κ3) is 3.29. The van der Waals surface area contributed by atoms with Gasteiger partial charge in [0.1, 0.15) is 6.04 Å². The maximum absolute atomic E-state index is 12.6. The van der Waals surface area contributed by atoms with Crippen LogP contribution in [0.1, 0.15) is 24.2 Å². The van der Waals surface area contributed by atoms with Crippen LogP contribution in [0.25, 0.3) is 0 Å². The van der Waals surface area contributed by atoms with Crippen LogP contribution in [0.5, 0.6) is 0 Å². The Morgan fingerprint density at radius 2 is 2.00 bits per heavy atom. The van der Waals surface area contributed by atoms with Crippen molar-refractivity contribution in [3.63, 3.8) is 0 Å². The van der Waals surface area contributed by atoms with E-state index < -0.39 is 6.04 Å². The average molecular weight is 328 g/mol. The maximum Gasteiger partial charge on any atom is 0.245 e. The number of rotatable bonds is 5. The Morgan fingerprint density at radius 1 is 1.25 bits per heavy atom. The van der Waals surface area contributed by atoms with E-state index in [0.29, 0.717) is 24.6 Å². The normalized spacial score (nSPS) is 18.3. The summed E-state index contributed by atoms with van der Waals surface area (Å²) in [7, 11) is 1.65. The van der Waals surface area contributed by atoms with E-state index >= 15 is 0 Å². The highest BCUT2D eigenvalue weighted by molar-refractivity contribution is 5.94. The van der Waals surface area contributed by atoms with Crippen LogP contribution >= 0.6 is 0 Å². The van der Waals surface area contributed by atoms with E-state index in [0.717, 1.165) is 5.56 Å². The van der Waals surface area contributed by atoms with Gasteiger partial charge in [0.05, 0.1) is 13.1 Å². The summed E-state index contributed by atoms with van der Waals surface area (Å²) in [6.07, 6.45) is 1.10. The van der Waals surface area contributed by atoms with Crippen LogP contribution in [-0.2, 0) is 29.0 Å². The van der Waals surface area contributed by atoms with E-state index in [4.69, 9.17) is 4.52 Å². The van der Waals surface area contributed by atoms with Gasteiger partial charge >= 0.3 is 0 Å². The molecule has 0 spiro atoms. The Balaban J connectivity index is 1.84. The molecule has 2 heterocycles. The van der Waals surface area contributed by atoms with Crippen LogP contribution in [0.3, 0.4) is 0 Å². The molecule has 1 saturated heterocycles. The molecule has 126 valence electrons. The van der Waals surface area contributed by atoms with Gasteiger partial charge in [-0.15, -0.1) is 0 Å². The van der Waals surface area contributed by atoms with Gasteiger partial charge in [-0.3, -0.25) is 9.59 Å². The number of benzene rings is 1. The molecule has 2 aromatic rings. The lowest BCUT2D eigenvalue weighted by atomic mass is 10.0. The van der Waals surface area contributed by atoms with Gasteiger partial charge in [0, 0.05) is 19.9 Å². The summed E-state index contributed by atoms with van der Waals surface area (Å²) in [6, 6.07) is 9.12. The summed E-state index contributed by atoms with van der Waals surface area (Å²) in [4.78, 5) is 32.4. The second kappa shape index (κ2) is 6.82. The lowest BCUT2D eigenvalue weighted by Crippen LogP contribution is -2.59. The molecule has 0 bridgehead atoms. The fourth-order valence-corrected chi connectivity index (χ4v) is 2.82. The summed E-state index contributed by atoms with van der Waals surface area (Å²) < 4.78 is 5.10. The van der Waals surface area contributed by atoms with E-state index in [9.17, 15) is 9.59 Å². The number of aromatic nitrogens is 2. The molecule has 1 aromatic carbocycles. The van der Waals surface area contributed by atoms with Crippen LogP contribution in [-0.4, -0.2) is 51.4 Å². The predicted octanol–water partition coefficient (Wildman–Crippen LogP) is 1.04. The minimum atomic E-state index is -0.553. The van der Waals surface area contributed by atoms with Gasteiger partial charge < -0.3 is 14.3 Å². The van der Waals surface area contributed by atoms with E-state index in [1.54, 1.807) is 11.9 Å². The van der Waals surface area contributed by atoms with Crippen molar-refractivity contribution in [3.8, 4) is 0 Å². The topological polar surface area (TPSA) is 79.5 Å². The first-order chi connectivity index (χ1) is 11.6. The second-order valence-electron chi connectivity index (χ2n) is 5.88. The van der Waals surface area contributed by atoms with Gasteiger partial charge in [-0.2, -0.15) is 4.98 Å². The number of amides is 2. The number of aryl methyl sites for hydroxylation is 1. The van der Waals surface area contributed by atoms with Crippen LogP contribution in [0.4, 0.5) is 0 Å². The minimum absolute atomic E-state index is 0.0716. The molecule has 7 nitrogen and oxygen atoms in total. The molecule has 1 atom stereocenters. The quantitative estimate of drug-likeness (QED) is 0.819. The molecule has 1 fully saturated rings. The number of likely N-dealkylation sites (N-methyl/N-ethyl adjacent to an activating group) is 1. The third-order valence-electron chi connectivity index (χ3n) is 4.13. The Labute approximate surface area is 140 Å². The predicted molar refractivity (Wildman–Crippen MR) is 85.8 cm³/mol. The van der Waals surface area contributed by atoms with Crippen LogP contribution in [0.15, 0.2) is 34.9 Å². The molecule has 1 aliphatic heterocycles. The molecule has 24 heavy (non-hydrogen) atoms. The first-order valence-electron chi connectivity index (χ1n) is 7.98. The van der Waals surface area contributed by atoms with Crippen LogP contribution in [0, 0.1) is 0 Å². The zero-order chi connectivity index (χ0) is 17.1. The summed E-state index contributed by atoms with van der Waals surface area (Å²) in [6.45, 7) is 2.17. The highest BCUT2D eigenvalue weighted by atomic mass is 16.5. The van der Waals surface area contributed by atoms with Gasteiger partial charge in [0.15, 0.2) is 5.82 Å². The smallest absolute Gasteiger partial charge is 0.245 e. The monoisotopic (exact) mass is 328 g/mol. The molecule has 2 amide bonds. The highest BCUT2D eigenvalue weighted by Crippen LogP contribution is 2.18. The molecule has 1 aromatic heterocycles. The van der Waals surface area contributed by atoms with Crippen molar-refractivity contribution in [1.82, 2.24) is 19.9 Å². The molecule has 0 radical (unpaired) electrons. The van der Waals surface area contributed by atoms with E-state index in [-0.39, 0.29) is 24.9 Å². The third-order valence-corrected chi connectivity index (χ3v) is 4.13. The van der Waals surface area contributed by atoms with Crippen molar-refractivity contribution < 1.29 is 14.1 Å². The summed E-state index contributed by atoms with van der Waals surface area (Å²) >= 11 is 0. The summed E-state index contributed by atoms with van der Waals surface area (Å²) in [5.74, 6) is 0.770. The number of carbonyl (C=O) groups excluding carboxylic acids is 2. The van der Waals surface area contributed by atoms with E-state index in [1.165, 1.54) is 4.90 Å². The van der Waals surface area contributed by atoms with Crippen LogP contribution < -0.4 is 0 Å². The lowest BCUT2D eigenvalue weighted by molar-refractivity contribution is -0.155. The Kier molecular flexibility index (Phi) is 4.59. The number of hydrogen-bond acceptors (Lipinski definition) is 5. The number of nitrogens with zero attached hydrogens (tertiary/aromatic N) is 4. The van der Waals surface area contributed by atoms with Crippen molar-refractivity contribution >= 4 is 11.8 Å². The molecular weight excluding hydrogens is 308 g/mol. The van der Waals surface area contributed by atoms with Crippen LogP contribution in [0.2, 0.25) is 0 Å². The minimum Gasteiger partial charge on any atom is -0.339 e. The average Bonchev–Trinajstić information content (AvgIpc) is 3.04. The summed E-state index contributed by atoms with van der Waals surface area (Å²) in [5.41, 5.74) is 1.01. The zero-order valence-corrected chi connectivity index (χ0v) is 13.8. The van der Waals surface area contributed by atoms with E-state index in [2.05, 4.69) is 10.1 Å². The number of piperazine rings is 1. The second-order valence-corrected chi connectivity index (χ2v) is 5.88. The molecular formula is C17H20N4O3. The van der Waals surface area contributed by atoms with Gasteiger partial charge in [-0.1, -0.05) is 42.4 Å². The molecule has 0 aliphatic carbocycles. The van der Waals surface area contributed by atoms with Crippen molar-refractivity contribution in [2.24, 2.45) is 0 Å². The van der Waals surface area contributed by atoms with Gasteiger partial charge in [0.25, 0.3) is 0 Å². The highest BCUT2D eigenvalue weighted by Gasteiger charge is 2.38. The Morgan fingerprint density at radius 3 is 2.67 bits per heavy atom. The summed E-state index contributed by atoms with van der Waals surface area (Å²) in [5, 5.41) is 3.90. The molecule has 3 rings (SSSR count). The SMILES string of the molecule is CCc1nc(CN2C(=O)CN(C)C(=O)[C@@H]2Cc2ccccc2)no1. The van der Waals surface area contributed by atoms with Gasteiger partial charge in [0.2, 0.25) is 17.7 Å². The fourth-order valence-electron chi connectivity index (χ4n) is 2.82. The molecule has 0 N–H and O–H groups in total. The zero-order valence-electron chi connectivity index (χ0n) is 13.8. The first kappa shape index (κ1) is 16.2. The maximum atomic E-state index is 12.6. The lowest BCUT2D eigenvalue weighted by Gasteiger charge is -2.38. The van der Waals surface area contributed by atoms with Crippen molar-refractivity contribution in [2.45, 2.75) is 32.4 Å². The number of hydrogen-bond donors (Lipinski definition) is 0.